The van der Waals surface area contributed by atoms with E-state index in [0.717, 1.165) is 91.6 Å². The quantitative estimate of drug-likeness (QED) is 0.255. The van der Waals surface area contributed by atoms with Gasteiger partial charge >= 0.3 is 6.09 Å². The molecule has 3 aromatic rings. The zero-order valence-electron chi connectivity index (χ0n) is 33.4. The zero-order chi connectivity index (χ0) is 37.9. The Balaban J connectivity index is 0.000000168. The average molecular weight is 805 g/mol. The number of rotatable bonds is 8. The summed E-state index contributed by atoms with van der Waals surface area (Å²) in [7, 11) is 0. The second-order valence-corrected chi connectivity index (χ2v) is 18.8. The van der Waals surface area contributed by atoms with Crippen molar-refractivity contribution in [2.45, 2.75) is 120 Å². The summed E-state index contributed by atoms with van der Waals surface area (Å²) in [4.78, 5) is 24.8. The van der Waals surface area contributed by atoms with Crippen molar-refractivity contribution < 1.29 is 9.53 Å². The lowest BCUT2D eigenvalue weighted by atomic mass is 9.99. The van der Waals surface area contributed by atoms with Gasteiger partial charge in [0.25, 0.3) is 0 Å². The first kappa shape index (κ1) is 39.9. The van der Waals surface area contributed by atoms with Gasteiger partial charge in [0, 0.05) is 69.7 Å². The minimum Gasteiger partial charge on any atom is -0.445 e. The summed E-state index contributed by atoms with van der Waals surface area (Å²) in [6.45, 7) is 13.6. The molecule has 306 valence electrons. The number of nitrogens with one attached hydrogen (secondary N) is 1. The minimum absolute atomic E-state index is 0.229. The van der Waals surface area contributed by atoms with E-state index in [1.165, 1.54) is 108 Å². The van der Waals surface area contributed by atoms with Crippen molar-refractivity contribution in [1.29, 1.82) is 0 Å². The average Bonchev–Trinajstić information content (AvgIpc) is 3.99. The fourth-order valence-corrected chi connectivity index (χ4v) is 11.7. The van der Waals surface area contributed by atoms with Crippen LogP contribution < -0.4 is 15.1 Å². The molecule has 8 heterocycles. The highest BCUT2D eigenvalue weighted by atomic mass is 32.1. The third kappa shape index (κ3) is 10.6. The number of nitrogens with zero attached hydrogens (tertiary/aromatic N) is 9. The highest BCUT2D eigenvalue weighted by Crippen LogP contribution is 2.35. The largest absolute Gasteiger partial charge is 0.445 e. The second kappa shape index (κ2) is 20.2. The van der Waals surface area contributed by atoms with Crippen molar-refractivity contribution in [3.63, 3.8) is 0 Å². The Hall–Kier alpha value is -2.91. The van der Waals surface area contributed by atoms with Gasteiger partial charge in [-0.1, -0.05) is 65.8 Å². The molecule has 2 aromatic heterocycles. The molecule has 2 atom stereocenters. The summed E-state index contributed by atoms with van der Waals surface area (Å²) in [6.07, 6.45) is 17.7. The summed E-state index contributed by atoms with van der Waals surface area (Å²) in [5.41, 5.74) is 1.01. The molecule has 1 aromatic carbocycles. The van der Waals surface area contributed by atoms with Crippen molar-refractivity contribution in [2.75, 3.05) is 88.3 Å². The Morgan fingerprint density at radius 1 is 0.625 bits per heavy atom. The molecule has 0 spiro atoms. The number of carbonyl (C=O) groups is 1. The Morgan fingerprint density at radius 3 is 1.73 bits per heavy atom. The maximum absolute atomic E-state index is 12.6. The first-order chi connectivity index (χ1) is 27.7. The fourth-order valence-electron chi connectivity index (χ4n) is 9.67. The summed E-state index contributed by atoms with van der Waals surface area (Å²) in [6, 6.07) is 11.4. The van der Waals surface area contributed by atoms with Gasteiger partial charge in [-0.15, -0.1) is 20.4 Å². The molecule has 6 aliphatic heterocycles. The molecule has 0 bridgehead atoms. The normalized spacial score (nSPS) is 25.1. The van der Waals surface area contributed by atoms with E-state index in [0.29, 0.717) is 19.1 Å². The summed E-state index contributed by atoms with van der Waals surface area (Å²) in [5.74, 6) is 0.834. The number of piperidine rings is 6. The molecule has 6 aliphatic rings. The van der Waals surface area contributed by atoms with Gasteiger partial charge in [0.15, 0.2) is 0 Å². The number of carbonyl (C=O) groups excluding carboxylic acids is 1. The van der Waals surface area contributed by atoms with Crippen LogP contribution in [0.25, 0.3) is 0 Å². The highest BCUT2D eigenvalue weighted by molar-refractivity contribution is 7.15. The molecule has 0 radical (unpaired) electrons. The molecule has 0 saturated carbocycles. The van der Waals surface area contributed by atoms with Crippen molar-refractivity contribution in [2.24, 2.45) is 0 Å². The van der Waals surface area contributed by atoms with Crippen LogP contribution in [0.4, 0.5) is 15.1 Å². The maximum Gasteiger partial charge on any atom is 0.410 e. The van der Waals surface area contributed by atoms with Crippen LogP contribution in [0.15, 0.2) is 30.3 Å². The van der Waals surface area contributed by atoms with E-state index in [4.69, 9.17) is 4.74 Å². The van der Waals surface area contributed by atoms with Crippen LogP contribution in [0.3, 0.4) is 0 Å². The second-order valence-electron chi connectivity index (χ2n) is 16.8. The Kier molecular flexibility index (Phi) is 14.4. The lowest BCUT2D eigenvalue weighted by Crippen LogP contribution is -2.46. The van der Waals surface area contributed by atoms with E-state index in [9.17, 15) is 4.79 Å². The van der Waals surface area contributed by atoms with E-state index in [1.807, 2.05) is 46.6 Å². The molecule has 6 saturated heterocycles. The summed E-state index contributed by atoms with van der Waals surface area (Å²) in [5, 5.41) is 26.1. The third-order valence-corrected chi connectivity index (χ3v) is 15.3. The Labute approximate surface area is 342 Å². The molecule has 1 N–H and O–H groups in total. The Bertz CT molecular complexity index is 1610. The number of hydrogen-bond acceptors (Lipinski definition) is 13. The molecule has 56 heavy (non-hydrogen) atoms. The highest BCUT2D eigenvalue weighted by Gasteiger charge is 2.32. The molecule has 0 aliphatic carbocycles. The van der Waals surface area contributed by atoms with Gasteiger partial charge in [0.05, 0.1) is 0 Å². The zero-order valence-corrected chi connectivity index (χ0v) is 35.1. The van der Waals surface area contributed by atoms with Gasteiger partial charge in [0.1, 0.15) is 16.6 Å². The monoisotopic (exact) mass is 804 g/mol. The van der Waals surface area contributed by atoms with Crippen molar-refractivity contribution in [3.05, 3.63) is 45.9 Å². The number of hydrogen-bond donors (Lipinski definition) is 1. The molecule has 12 nitrogen and oxygen atoms in total. The van der Waals surface area contributed by atoms with Crippen LogP contribution in [0.2, 0.25) is 0 Å². The summed E-state index contributed by atoms with van der Waals surface area (Å²) < 4.78 is 5.55. The van der Waals surface area contributed by atoms with Crippen LogP contribution in [0.5, 0.6) is 0 Å². The predicted molar refractivity (Wildman–Crippen MR) is 226 cm³/mol. The van der Waals surface area contributed by atoms with Gasteiger partial charge in [-0.05, 0) is 115 Å². The van der Waals surface area contributed by atoms with Gasteiger partial charge in [-0.2, -0.15) is 0 Å². The first-order valence-electron chi connectivity index (χ1n) is 22.0. The molecular weight excluding hydrogens is 741 g/mol. The van der Waals surface area contributed by atoms with E-state index >= 15 is 0 Å². The smallest absolute Gasteiger partial charge is 0.410 e. The van der Waals surface area contributed by atoms with Crippen LogP contribution in [-0.4, -0.2) is 132 Å². The number of anilines is 2. The van der Waals surface area contributed by atoms with E-state index in [2.05, 4.69) is 45.3 Å². The maximum atomic E-state index is 12.6. The lowest BCUT2D eigenvalue weighted by molar-refractivity contribution is 0.0858. The number of likely N-dealkylation sites (tertiary alicyclic amines) is 3. The standard InChI is InChI=1S/C25H35N5O2S.C17H29N5S/c31-25(32-19-20-8-3-1-4-9-20)30-15-7-10-21(18-30)23-26-27-24(33-23)29-16-11-22(12-17-29)28-13-5-2-6-14-28;1-2-9-21(10-3-1)15-6-11-22(12-7-15)17-20-19-16(23-17)14-5-4-8-18-13-14/h1,3-4,8-9,21-22H,2,5-7,10-19H2;14-15,18H,1-13H2/t21-;14-/m00/s1. The van der Waals surface area contributed by atoms with Crippen LogP contribution >= 0.6 is 22.7 Å². The lowest BCUT2D eigenvalue weighted by Gasteiger charge is -2.40. The Morgan fingerprint density at radius 2 is 1.18 bits per heavy atom. The topological polar surface area (TPSA) is 106 Å². The third-order valence-electron chi connectivity index (χ3n) is 13.0. The molecular formula is C42H64N10O2S2. The molecule has 9 rings (SSSR count). The molecule has 14 heteroatoms. The number of ether oxygens (including phenoxy) is 1. The van der Waals surface area contributed by atoms with E-state index in [-0.39, 0.29) is 12.0 Å². The number of benzene rings is 1. The molecule has 1 amide bonds. The number of aromatic nitrogens is 4. The minimum atomic E-state index is -0.229. The van der Waals surface area contributed by atoms with Crippen molar-refractivity contribution in [1.82, 2.24) is 40.4 Å². The van der Waals surface area contributed by atoms with Gasteiger partial charge in [-0.3, -0.25) is 0 Å². The molecule has 0 unspecified atom stereocenters. The predicted octanol–water partition coefficient (Wildman–Crippen LogP) is 6.97. The van der Waals surface area contributed by atoms with Crippen molar-refractivity contribution in [3.8, 4) is 0 Å². The first-order valence-corrected chi connectivity index (χ1v) is 23.6. The number of amides is 1. The van der Waals surface area contributed by atoms with Crippen molar-refractivity contribution >= 4 is 39.0 Å². The fraction of sp³-hybridized carbons (Fsp3) is 0.738. The van der Waals surface area contributed by atoms with Crippen LogP contribution in [0, 0.1) is 0 Å². The summed E-state index contributed by atoms with van der Waals surface area (Å²) >= 11 is 3.55. The van der Waals surface area contributed by atoms with Gasteiger partial charge in [0.2, 0.25) is 10.3 Å². The van der Waals surface area contributed by atoms with E-state index in [1.54, 1.807) is 11.3 Å². The van der Waals surface area contributed by atoms with E-state index < -0.39 is 0 Å². The van der Waals surface area contributed by atoms with Crippen LogP contribution in [0.1, 0.15) is 117 Å². The SMILES string of the molecule is C1CCN(C2CCN(c3nnc([C@H]4CCCNC4)s3)CC2)CC1.O=C(OCc1ccccc1)N1CCC[C@H](c2nnc(N3CCC(N4CCCCC4)CC3)s2)C1. The van der Waals surface area contributed by atoms with Gasteiger partial charge in [-0.25, -0.2) is 4.79 Å². The molecule has 6 fully saturated rings. The van der Waals surface area contributed by atoms with Gasteiger partial charge < -0.3 is 34.6 Å². The van der Waals surface area contributed by atoms with Crippen LogP contribution in [-0.2, 0) is 11.3 Å².